The summed E-state index contributed by atoms with van der Waals surface area (Å²) in [7, 11) is 1.90. The molecule has 0 atom stereocenters. The first-order valence-corrected chi connectivity index (χ1v) is 7.11. The fourth-order valence-corrected chi connectivity index (χ4v) is 2.10. The normalized spacial score (nSPS) is 10.4. The lowest BCUT2D eigenvalue weighted by atomic mass is 10.2. The molecule has 1 amide bonds. The van der Waals surface area contributed by atoms with Crippen molar-refractivity contribution in [2.45, 2.75) is 20.4 Å². The molecule has 0 unspecified atom stereocenters. The van der Waals surface area contributed by atoms with Gasteiger partial charge in [-0.3, -0.25) is 14.5 Å². The van der Waals surface area contributed by atoms with E-state index in [2.05, 4.69) is 15.4 Å². The van der Waals surface area contributed by atoms with Crippen LogP contribution in [0.3, 0.4) is 0 Å². The summed E-state index contributed by atoms with van der Waals surface area (Å²) in [6.45, 7) is 5.95. The lowest BCUT2D eigenvalue weighted by Crippen LogP contribution is -2.31. The largest absolute Gasteiger partial charge is 0.379 e. The van der Waals surface area contributed by atoms with Crippen LogP contribution in [0.4, 0.5) is 5.69 Å². The van der Waals surface area contributed by atoms with Crippen LogP contribution in [0.2, 0.25) is 0 Å². The number of nitrogens with one attached hydrogen (secondary N) is 1. The molecule has 2 rings (SSSR count). The zero-order valence-corrected chi connectivity index (χ0v) is 12.7. The Hall–Kier alpha value is -2.37. The van der Waals surface area contributed by atoms with Crippen LogP contribution in [-0.2, 0) is 13.6 Å². The van der Waals surface area contributed by atoms with Crippen LogP contribution in [0.1, 0.15) is 30.0 Å². The van der Waals surface area contributed by atoms with Gasteiger partial charge in [0.2, 0.25) is 0 Å². The Bertz CT molecular complexity index is 604. The average molecular weight is 287 g/mol. The predicted molar refractivity (Wildman–Crippen MR) is 82.0 cm³/mol. The molecule has 6 nitrogen and oxygen atoms in total. The Morgan fingerprint density at radius 3 is 2.67 bits per heavy atom. The van der Waals surface area contributed by atoms with Crippen LogP contribution in [0.25, 0.3) is 0 Å². The molecule has 2 aromatic rings. The summed E-state index contributed by atoms with van der Waals surface area (Å²) in [5.41, 5.74) is 2.42. The molecule has 0 spiro atoms. The number of carbonyl (C=O) groups is 1. The van der Waals surface area contributed by atoms with Crippen molar-refractivity contribution in [3.63, 3.8) is 0 Å². The van der Waals surface area contributed by atoms with Gasteiger partial charge >= 0.3 is 0 Å². The minimum absolute atomic E-state index is 0.0378. The Kier molecular flexibility index (Phi) is 4.92. The summed E-state index contributed by atoms with van der Waals surface area (Å²) in [4.78, 5) is 18.2. The second-order valence-corrected chi connectivity index (χ2v) is 4.71. The third-order valence-electron chi connectivity index (χ3n) is 3.43. The van der Waals surface area contributed by atoms with Gasteiger partial charge in [-0.05, 0) is 32.0 Å². The maximum Gasteiger partial charge on any atom is 0.272 e. The SMILES string of the molecule is CCN(CC)C(=O)c1cc(NCc2ccnn2C)ccn1. The first kappa shape index (κ1) is 15.0. The Balaban J connectivity index is 2.07. The van der Waals surface area contributed by atoms with Crippen LogP contribution in [0, 0.1) is 0 Å². The lowest BCUT2D eigenvalue weighted by Gasteiger charge is -2.18. The predicted octanol–water partition coefficient (Wildman–Crippen LogP) is 1.91. The summed E-state index contributed by atoms with van der Waals surface area (Å²) in [6, 6.07) is 5.60. The van der Waals surface area contributed by atoms with Gasteiger partial charge in [-0.2, -0.15) is 5.10 Å². The van der Waals surface area contributed by atoms with Crippen LogP contribution in [0.5, 0.6) is 0 Å². The van der Waals surface area contributed by atoms with Crippen LogP contribution >= 0.6 is 0 Å². The molecule has 1 N–H and O–H groups in total. The van der Waals surface area contributed by atoms with Crippen molar-refractivity contribution in [2.75, 3.05) is 18.4 Å². The fourth-order valence-electron chi connectivity index (χ4n) is 2.10. The van der Waals surface area contributed by atoms with Crippen molar-refractivity contribution in [2.24, 2.45) is 7.05 Å². The van der Waals surface area contributed by atoms with Crippen molar-refractivity contribution >= 4 is 11.6 Å². The van der Waals surface area contributed by atoms with E-state index in [9.17, 15) is 4.79 Å². The van der Waals surface area contributed by atoms with Crippen molar-refractivity contribution < 1.29 is 4.79 Å². The quantitative estimate of drug-likeness (QED) is 0.881. The van der Waals surface area contributed by atoms with E-state index in [1.165, 1.54) is 0 Å². The number of aromatic nitrogens is 3. The molecule has 0 fully saturated rings. The van der Waals surface area contributed by atoms with Gasteiger partial charge in [-0.15, -0.1) is 0 Å². The van der Waals surface area contributed by atoms with Crippen LogP contribution in [-0.4, -0.2) is 38.7 Å². The molecular weight excluding hydrogens is 266 g/mol. The Morgan fingerprint density at radius 2 is 2.05 bits per heavy atom. The highest BCUT2D eigenvalue weighted by Gasteiger charge is 2.14. The number of hydrogen-bond acceptors (Lipinski definition) is 4. The number of pyridine rings is 1. The zero-order valence-electron chi connectivity index (χ0n) is 12.7. The van der Waals surface area contributed by atoms with Gasteiger partial charge in [-0.1, -0.05) is 0 Å². The van der Waals surface area contributed by atoms with E-state index in [1.807, 2.05) is 37.7 Å². The summed E-state index contributed by atoms with van der Waals surface area (Å²) in [5, 5.41) is 7.41. The van der Waals surface area contributed by atoms with Crippen molar-refractivity contribution in [1.82, 2.24) is 19.7 Å². The molecule has 0 saturated heterocycles. The maximum atomic E-state index is 12.3. The first-order chi connectivity index (χ1) is 10.2. The topological polar surface area (TPSA) is 63.1 Å². The molecule has 0 radical (unpaired) electrons. The van der Waals surface area contributed by atoms with E-state index in [1.54, 1.807) is 23.4 Å². The van der Waals surface area contributed by atoms with Crippen molar-refractivity contribution in [3.8, 4) is 0 Å². The van der Waals surface area contributed by atoms with Crippen molar-refractivity contribution in [1.29, 1.82) is 0 Å². The van der Waals surface area contributed by atoms with Gasteiger partial charge in [0.05, 0.1) is 12.2 Å². The number of carbonyl (C=O) groups excluding carboxylic acids is 1. The first-order valence-electron chi connectivity index (χ1n) is 7.11. The number of anilines is 1. The Morgan fingerprint density at radius 1 is 1.29 bits per heavy atom. The minimum Gasteiger partial charge on any atom is -0.379 e. The molecule has 0 aliphatic rings. The van der Waals surface area contributed by atoms with Gasteiger partial charge < -0.3 is 10.2 Å². The molecule has 6 heteroatoms. The lowest BCUT2D eigenvalue weighted by molar-refractivity contribution is 0.0767. The van der Waals surface area contributed by atoms with E-state index in [-0.39, 0.29) is 5.91 Å². The number of rotatable bonds is 6. The second kappa shape index (κ2) is 6.88. The van der Waals surface area contributed by atoms with Gasteiger partial charge in [-0.25, -0.2) is 0 Å². The number of nitrogens with zero attached hydrogens (tertiary/aromatic N) is 4. The molecule has 0 bridgehead atoms. The van der Waals surface area contributed by atoms with E-state index in [0.29, 0.717) is 25.3 Å². The van der Waals surface area contributed by atoms with Crippen LogP contribution in [0.15, 0.2) is 30.6 Å². The number of amides is 1. The standard InChI is InChI=1S/C15H21N5O/c1-4-20(5-2)15(21)14-10-12(6-8-16-14)17-11-13-7-9-18-19(13)3/h6-10H,4-5,11H2,1-3H3,(H,16,17). The maximum absolute atomic E-state index is 12.3. The van der Waals surface area contributed by atoms with E-state index < -0.39 is 0 Å². The average Bonchev–Trinajstić information content (AvgIpc) is 2.92. The van der Waals surface area contributed by atoms with Gasteiger partial charge in [0.1, 0.15) is 5.69 Å². The minimum atomic E-state index is -0.0378. The Labute approximate surface area is 124 Å². The highest BCUT2D eigenvalue weighted by Crippen LogP contribution is 2.11. The van der Waals surface area contributed by atoms with Crippen LogP contribution < -0.4 is 5.32 Å². The van der Waals surface area contributed by atoms with Gasteiger partial charge in [0, 0.05) is 38.2 Å². The number of aryl methyl sites for hydroxylation is 1. The zero-order chi connectivity index (χ0) is 15.2. The second-order valence-electron chi connectivity index (χ2n) is 4.71. The molecule has 21 heavy (non-hydrogen) atoms. The molecule has 2 heterocycles. The third-order valence-corrected chi connectivity index (χ3v) is 3.43. The molecule has 112 valence electrons. The summed E-state index contributed by atoms with van der Waals surface area (Å²) >= 11 is 0. The highest BCUT2D eigenvalue weighted by molar-refractivity contribution is 5.93. The van der Waals surface area contributed by atoms with E-state index in [0.717, 1.165) is 11.4 Å². The molecular formula is C15H21N5O. The summed E-state index contributed by atoms with van der Waals surface area (Å²) in [6.07, 6.45) is 3.42. The van der Waals surface area contributed by atoms with E-state index >= 15 is 0 Å². The molecule has 0 aromatic carbocycles. The van der Waals surface area contributed by atoms with Crippen molar-refractivity contribution in [3.05, 3.63) is 42.0 Å². The highest BCUT2D eigenvalue weighted by atomic mass is 16.2. The smallest absolute Gasteiger partial charge is 0.272 e. The molecule has 0 aliphatic heterocycles. The number of hydrogen-bond donors (Lipinski definition) is 1. The van der Waals surface area contributed by atoms with E-state index in [4.69, 9.17) is 0 Å². The van der Waals surface area contributed by atoms with Gasteiger partial charge in [0.25, 0.3) is 5.91 Å². The molecule has 2 aromatic heterocycles. The molecule has 0 saturated carbocycles. The summed E-state index contributed by atoms with van der Waals surface area (Å²) < 4.78 is 1.82. The third kappa shape index (κ3) is 3.59. The fraction of sp³-hybridized carbons (Fsp3) is 0.400. The summed E-state index contributed by atoms with van der Waals surface area (Å²) in [5.74, 6) is -0.0378. The molecule has 0 aliphatic carbocycles. The monoisotopic (exact) mass is 287 g/mol. The van der Waals surface area contributed by atoms with Gasteiger partial charge in [0.15, 0.2) is 0 Å².